The van der Waals surface area contributed by atoms with Gasteiger partial charge in [0, 0.05) is 32.1 Å². The van der Waals surface area contributed by atoms with E-state index in [-0.39, 0.29) is 21.3 Å². The van der Waals surface area contributed by atoms with Gasteiger partial charge in [-0.2, -0.15) is 0 Å². The number of hydrogen-bond donors (Lipinski definition) is 0. The Kier molecular flexibility index (Phi) is 6.25. The molecule has 1 spiro atoms. The quantitative estimate of drug-likeness (QED) is 0.510. The molecule has 2 aromatic heterocycles. The summed E-state index contributed by atoms with van der Waals surface area (Å²) in [6.45, 7) is 1.84. The highest BCUT2D eigenvalue weighted by Gasteiger charge is 2.39. The van der Waals surface area contributed by atoms with Crippen molar-refractivity contribution in [2.75, 3.05) is 33.9 Å². The van der Waals surface area contributed by atoms with Gasteiger partial charge in [-0.05, 0) is 68.0 Å². The van der Waals surface area contributed by atoms with Crippen molar-refractivity contribution in [1.29, 1.82) is 0 Å². The van der Waals surface area contributed by atoms with Gasteiger partial charge in [-0.25, -0.2) is 25.1 Å². The molecule has 0 atom stereocenters. The van der Waals surface area contributed by atoms with Crippen LogP contribution in [0.1, 0.15) is 37.2 Å². The Morgan fingerprint density at radius 2 is 1.69 bits per heavy atom. The van der Waals surface area contributed by atoms with Gasteiger partial charge in [0.25, 0.3) is 10.0 Å². The predicted octanol–water partition coefficient (Wildman–Crippen LogP) is 2.97. The second-order valence-electron chi connectivity index (χ2n) is 9.37. The number of rotatable bonds is 5. The summed E-state index contributed by atoms with van der Waals surface area (Å²) in [4.78, 5) is 4.57. The van der Waals surface area contributed by atoms with Crippen LogP contribution < -0.4 is 0 Å². The highest BCUT2D eigenvalue weighted by atomic mass is 32.2. The lowest BCUT2D eigenvalue weighted by Gasteiger charge is -2.42. The monoisotopic (exact) mass is 519 g/mol. The van der Waals surface area contributed by atoms with Gasteiger partial charge in [0.15, 0.2) is 0 Å². The Balaban J connectivity index is 1.49. The Hall–Kier alpha value is -2.31. The highest BCUT2D eigenvalue weighted by molar-refractivity contribution is 7.90. The maximum absolute atomic E-state index is 13.6. The summed E-state index contributed by atoms with van der Waals surface area (Å²) in [5, 5.41) is 0. The first-order valence-electron chi connectivity index (χ1n) is 11.6. The van der Waals surface area contributed by atoms with E-state index in [2.05, 4.69) is 4.98 Å². The van der Waals surface area contributed by atoms with E-state index in [1.165, 1.54) is 42.3 Å². The molecule has 0 N–H and O–H groups in total. The van der Waals surface area contributed by atoms with E-state index in [4.69, 9.17) is 9.47 Å². The van der Waals surface area contributed by atoms with Gasteiger partial charge in [0.1, 0.15) is 0 Å². The third-order valence-corrected chi connectivity index (χ3v) is 10.6. The number of ether oxygens (including phenoxy) is 2. The molecule has 35 heavy (non-hydrogen) atoms. The van der Waals surface area contributed by atoms with Crippen molar-refractivity contribution in [3.8, 4) is 0 Å². The van der Waals surface area contributed by atoms with Gasteiger partial charge in [-0.3, -0.25) is 4.98 Å². The van der Waals surface area contributed by atoms with Gasteiger partial charge >= 0.3 is 0 Å². The fourth-order valence-corrected chi connectivity index (χ4v) is 7.29. The molecule has 1 saturated carbocycles. The Morgan fingerprint density at radius 1 is 1.00 bits per heavy atom. The fraction of sp³-hybridized carbons (Fsp3) is 0.458. The number of pyridine rings is 1. The van der Waals surface area contributed by atoms with Crippen molar-refractivity contribution in [2.24, 2.45) is 0 Å². The normalized spacial score (nSPS) is 23.8. The molecule has 188 valence electrons. The number of nitrogens with zero attached hydrogens (tertiary/aromatic N) is 3. The number of fused-ring (bicyclic) bond motifs is 1. The summed E-state index contributed by atoms with van der Waals surface area (Å²) in [5.41, 5.74) is 1.85. The Morgan fingerprint density at radius 3 is 2.31 bits per heavy atom. The third-order valence-electron chi connectivity index (χ3n) is 7.05. The molecule has 1 aliphatic carbocycles. The lowest BCUT2D eigenvalue weighted by Crippen LogP contribution is -2.45. The van der Waals surface area contributed by atoms with Crippen LogP contribution in [0.25, 0.3) is 11.0 Å². The first-order chi connectivity index (χ1) is 16.6. The second-order valence-corrected chi connectivity index (χ2v) is 13.3. The van der Waals surface area contributed by atoms with E-state index in [1.807, 2.05) is 0 Å². The topological polar surface area (TPSA) is 108 Å². The average molecular weight is 520 g/mol. The van der Waals surface area contributed by atoms with Crippen LogP contribution in [-0.4, -0.2) is 69.6 Å². The van der Waals surface area contributed by atoms with Crippen molar-refractivity contribution >= 4 is 31.1 Å². The minimum atomic E-state index is -3.97. The smallest absolute Gasteiger partial charge is 0.268 e. The molecule has 9 nitrogen and oxygen atoms in total. The SMILES string of the molecule is CN(C)S(=O)(=O)c1ccc(S(=O)(=O)n2cc(C3CCC4(CC3)COCCO4)c3ncccc32)cc1. The molecule has 3 heterocycles. The molecular weight excluding hydrogens is 490 g/mol. The van der Waals surface area contributed by atoms with E-state index in [9.17, 15) is 16.8 Å². The van der Waals surface area contributed by atoms with Crippen LogP contribution in [0.4, 0.5) is 0 Å². The molecule has 1 aromatic carbocycles. The van der Waals surface area contributed by atoms with E-state index in [1.54, 1.807) is 24.5 Å². The van der Waals surface area contributed by atoms with Crippen molar-refractivity contribution in [1.82, 2.24) is 13.3 Å². The maximum Gasteiger partial charge on any atom is 0.268 e. The third kappa shape index (κ3) is 4.29. The predicted molar refractivity (Wildman–Crippen MR) is 130 cm³/mol. The number of aromatic nitrogens is 2. The van der Waals surface area contributed by atoms with Crippen LogP contribution in [0.15, 0.2) is 58.6 Å². The summed E-state index contributed by atoms with van der Waals surface area (Å²) in [5.74, 6) is 0.160. The van der Waals surface area contributed by atoms with Crippen molar-refractivity contribution in [3.05, 3.63) is 54.4 Å². The zero-order chi connectivity index (χ0) is 24.8. The molecule has 1 saturated heterocycles. The Labute approximate surface area is 205 Å². The molecule has 0 radical (unpaired) electrons. The summed E-state index contributed by atoms with van der Waals surface area (Å²) in [6, 6.07) is 8.77. The standard InChI is InChI=1S/C24H29N3O6S2/c1-26(2)34(28,29)19-5-7-20(8-6-19)35(30,31)27-16-21(23-22(27)4-3-13-25-23)18-9-11-24(12-10-18)17-32-14-15-33-24/h3-8,13,16,18H,9-12,14-15,17H2,1-2H3. The van der Waals surface area contributed by atoms with Gasteiger partial charge in [0.05, 0.1) is 46.2 Å². The van der Waals surface area contributed by atoms with Crippen LogP contribution >= 0.6 is 0 Å². The van der Waals surface area contributed by atoms with Crippen LogP contribution in [0.5, 0.6) is 0 Å². The first-order valence-corrected chi connectivity index (χ1v) is 14.5. The van der Waals surface area contributed by atoms with Gasteiger partial charge in [-0.15, -0.1) is 0 Å². The number of benzene rings is 1. The lowest BCUT2D eigenvalue weighted by molar-refractivity contribution is -0.172. The summed E-state index contributed by atoms with van der Waals surface area (Å²) in [7, 11) is -4.76. The average Bonchev–Trinajstić information content (AvgIpc) is 3.26. The first kappa shape index (κ1) is 24.4. The van der Waals surface area contributed by atoms with E-state index >= 15 is 0 Å². The van der Waals surface area contributed by atoms with E-state index < -0.39 is 20.0 Å². The Bertz CT molecular complexity index is 1430. The highest BCUT2D eigenvalue weighted by Crippen LogP contribution is 2.43. The van der Waals surface area contributed by atoms with E-state index in [0.717, 1.165) is 35.6 Å². The lowest BCUT2D eigenvalue weighted by atomic mass is 9.76. The van der Waals surface area contributed by atoms with Crippen LogP contribution in [0, 0.1) is 0 Å². The van der Waals surface area contributed by atoms with Crippen LogP contribution in [-0.2, 0) is 29.5 Å². The molecule has 0 amide bonds. The maximum atomic E-state index is 13.6. The fourth-order valence-electron chi connectivity index (χ4n) is 5.02. The van der Waals surface area contributed by atoms with Crippen LogP contribution in [0.3, 0.4) is 0 Å². The van der Waals surface area contributed by atoms with Crippen LogP contribution in [0.2, 0.25) is 0 Å². The van der Waals surface area contributed by atoms with Crippen molar-refractivity contribution < 1.29 is 26.3 Å². The molecule has 5 rings (SSSR count). The van der Waals surface area contributed by atoms with E-state index in [0.29, 0.717) is 30.9 Å². The largest absolute Gasteiger partial charge is 0.376 e. The molecular formula is C24H29N3O6S2. The minimum Gasteiger partial charge on any atom is -0.376 e. The van der Waals surface area contributed by atoms with Gasteiger partial charge < -0.3 is 9.47 Å². The summed E-state index contributed by atoms with van der Waals surface area (Å²) in [6.07, 6.45) is 6.77. The molecule has 1 aliphatic heterocycles. The van der Waals surface area contributed by atoms with Gasteiger partial charge in [-0.1, -0.05) is 0 Å². The zero-order valence-electron chi connectivity index (χ0n) is 19.8. The summed E-state index contributed by atoms with van der Waals surface area (Å²) < 4.78 is 66.1. The second kappa shape index (κ2) is 8.97. The zero-order valence-corrected chi connectivity index (χ0v) is 21.4. The molecule has 2 aliphatic rings. The number of hydrogen-bond acceptors (Lipinski definition) is 7. The molecule has 0 unspecified atom stereocenters. The minimum absolute atomic E-state index is 0.0119. The molecule has 2 fully saturated rings. The summed E-state index contributed by atoms with van der Waals surface area (Å²) >= 11 is 0. The van der Waals surface area contributed by atoms with Gasteiger partial charge in [0.2, 0.25) is 10.0 Å². The van der Waals surface area contributed by atoms with Crippen molar-refractivity contribution in [3.63, 3.8) is 0 Å². The van der Waals surface area contributed by atoms with Crippen molar-refractivity contribution in [2.45, 2.75) is 47.0 Å². The number of sulfonamides is 1. The molecule has 11 heteroatoms. The molecule has 3 aromatic rings. The molecule has 0 bridgehead atoms.